The van der Waals surface area contributed by atoms with Crippen LogP contribution in [-0.2, 0) is 4.74 Å². The first-order chi connectivity index (χ1) is 14.6. The van der Waals surface area contributed by atoms with Gasteiger partial charge in [0.25, 0.3) is 0 Å². The Labute approximate surface area is 187 Å². The zero-order valence-corrected chi connectivity index (χ0v) is 18.9. The molecule has 164 valence electrons. The van der Waals surface area contributed by atoms with Gasteiger partial charge < -0.3 is 25.8 Å². The number of aromatic nitrogens is 2. The van der Waals surface area contributed by atoms with E-state index in [-0.39, 0.29) is 18.8 Å². The SMILES string of the molecule is CC(C)(C)OC(=O)NCCOc1cc2ncnc(Nc3ccc(Br)cc3F)c2cc1N. The summed E-state index contributed by atoms with van der Waals surface area (Å²) in [5, 5.41) is 6.19. The molecule has 4 N–H and O–H groups in total. The van der Waals surface area contributed by atoms with Crippen LogP contribution in [0.4, 0.5) is 26.4 Å². The molecular formula is C21H23BrFN5O3. The summed E-state index contributed by atoms with van der Waals surface area (Å²) >= 11 is 3.23. The summed E-state index contributed by atoms with van der Waals surface area (Å²) in [6, 6.07) is 8.01. The number of nitrogens with two attached hydrogens (primary N) is 1. The van der Waals surface area contributed by atoms with Crippen molar-refractivity contribution in [3.63, 3.8) is 0 Å². The van der Waals surface area contributed by atoms with Gasteiger partial charge >= 0.3 is 6.09 Å². The molecule has 1 amide bonds. The molecule has 0 bridgehead atoms. The van der Waals surface area contributed by atoms with Gasteiger partial charge in [0.1, 0.15) is 35.9 Å². The lowest BCUT2D eigenvalue weighted by molar-refractivity contribution is 0.0520. The number of ether oxygens (including phenoxy) is 2. The van der Waals surface area contributed by atoms with Gasteiger partial charge in [-0.05, 0) is 45.0 Å². The molecule has 0 aliphatic rings. The van der Waals surface area contributed by atoms with Crippen molar-refractivity contribution in [2.45, 2.75) is 26.4 Å². The van der Waals surface area contributed by atoms with Gasteiger partial charge in [0.15, 0.2) is 0 Å². The Bertz CT molecular complexity index is 1100. The van der Waals surface area contributed by atoms with E-state index in [9.17, 15) is 9.18 Å². The van der Waals surface area contributed by atoms with Crippen molar-refractivity contribution in [3.8, 4) is 5.75 Å². The second-order valence-electron chi connectivity index (χ2n) is 7.66. The van der Waals surface area contributed by atoms with Gasteiger partial charge in [-0.25, -0.2) is 19.2 Å². The highest BCUT2D eigenvalue weighted by molar-refractivity contribution is 9.10. The predicted molar refractivity (Wildman–Crippen MR) is 121 cm³/mol. The van der Waals surface area contributed by atoms with Gasteiger partial charge in [-0.1, -0.05) is 15.9 Å². The Balaban J connectivity index is 1.70. The third-order valence-electron chi connectivity index (χ3n) is 3.98. The number of amides is 1. The molecule has 8 nitrogen and oxygen atoms in total. The van der Waals surface area contributed by atoms with Crippen molar-refractivity contribution in [1.82, 2.24) is 15.3 Å². The fourth-order valence-electron chi connectivity index (χ4n) is 2.67. The van der Waals surface area contributed by atoms with Crippen molar-refractivity contribution in [2.24, 2.45) is 0 Å². The zero-order valence-electron chi connectivity index (χ0n) is 17.3. The highest BCUT2D eigenvalue weighted by Crippen LogP contribution is 2.32. The number of halogens is 2. The summed E-state index contributed by atoms with van der Waals surface area (Å²) in [5.41, 5.74) is 6.75. The van der Waals surface area contributed by atoms with Gasteiger partial charge in [0.2, 0.25) is 0 Å². The minimum Gasteiger partial charge on any atom is -0.490 e. The molecule has 10 heteroatoms. The summed E-state index contributed by atoms with van der Waals surface area (Å²) in [7, 11) is 0. The number of benzene rings is 2. The van der Waals surface area contributed by atoms with E-state index in [0.717, 1.165) is 0 Å². The van der Waals surface area contributed by atoms with Crippen LogP contribution in [0.1, 0.15) is 20.8 Å². The molecule has 31 heavy (non-hydrogen) atoms. The van der Waals surface area contributed by atoms with Gasteiger partial charge in [-0.15, -0.1) is 0 Å². The number of anilines is 3. The van der Waals surface area contributed by atoms with Crippen molar-refractivity contribution in [2.75, 3.05) is 24.2 Å². The van der Waals surface area contributed by atoms with E-state index in [1.165, 1.54) is 12.4 Å². The van der Waals surface area contributed by atoms with Crippen LogP contribution in [0.2, 0.25) is 0 Å². The Kier molecular flexibility index (Phi) is 6.79. The maximum atomic E-state index is 14.2. The van der Waals surface area contributed by atoms with Gasteiger partial charge in [-0.2, -0.15) is 0 Å². The molecule has 0 spiro atoms. The lowest BCUT2D eigenvalue weighted by Gasteiger charge is -2.19. The number of hydrogen-bond acceptors (Lipinski definition) is 7. The number of carbonyl (C=O) groups is 1. The van der Waals surface area contributed by atoms with E-state index in [4.69, 9.17) is 15.2 Å². The Morgan fingerprint density at radius 2 is 2.00 bits per heavy atom. The second kappa shape index (κ2) is 9.34. The number of rotatable bonds is 6. The van der Waals surface area contributed by atoms with E-state index in [1.54, 1.807) is 45.0 Å². The maximum Gasteiger partial charge on any atom is 0.407 e. The third-order valence-corrected chi connectivity index (χ3v) is 4.47. The van der Waals surface area contributed by atoms with Crippen molar-refractivity contribution >= 4 is 50.1 Å². The summed E-state index contributed by atoms with van der Waals surface area (Å²) in [5.74, 6) is 0.403. The number of nitrogens with zero attached hydrogens (tertiary/aromatic N) is 2. The number of fused-ring (bicyclic) bond motifs is 1. The number of alkyl carbamates (subject to hydrolysis) is 1. The monoisotopic (exact) mass is 491 g/mol. The maximum absolute atomic E-state index is 14.2. The fourth-order valence-corrected chi connectivity index (χ4v) is 3.01. The minimum atomic E-state index is -0.571. The molecule has 0 aliphatic carbocycles. The summed E-state index contributed by atoms with van der Waals surface area (Å²) in [6.07, 6.45) is 0.845. The van der Waals surface area contributed by atoms with Gasteiger partial charge in [0.05, 0.1) is 23.4 Å². The van der Waals surface area contributed by atoms with Crippen molar-refractivity contribution in [1.29, 1.82) is 0 Å². The molecule has 0 aliphatic heterocycles. The van der Waals surface area contributed by atoms with Crippen LogP contribution in [0.15, 0.2) is 41.1 Å². The van der Waals surface area contributed by atoms with Crippen LogP contribution in [0.3, 0.4) is 0 Å². The molecule has 2 aromatic carbocycles. The second-order valence-corrected chi connectivity index (χ2v) is 8.57. The van der Waals surface area contributed by atoms with Gasteiger partial charge in [0, 0.05) is 15.9 Å². The fraction of sp³-hybridized carbons (Fsp3) is 0.286. The van der Waals surface area contributed by atoms with E-state index < -0.39 is 17.5 Å². The standard InChI is InChI=1S/C21H23BrFN5O3/c1-21(2,3)31-20(29)25-6-7-30-18-10-17-13(9-15(18)24)19(27-11-26-17)28-16-5-4-12(22)8-14(16)23/h4-5,8-11H,6-7,24H2,1-3H3,(H,25,29)(H,26,27,28). The number of nitrogen functional groups attached to an aromatic ring is 1. The van der Waals surface area contributed by atoms with Crippen LogP contribution in [0.5, 0.6) is 5.75 Å². The molecule has 0 atom stereocenters. The first-order valence-corrected chi connectivity index (χ1v) is 10.3. The lowest BCUT2D eigenvalue weighted by Crippen LogP contribution is -2.34. The third kappa shape index (κ3) is 6.17. The zero-order chi connectivity index (χ0) is 22.6. The highest BCUT2D eigenvalue weighted by Gasteiger charge is 2.16. The van der Waals surface area contributed by atoms with Crippen LogP contribution in [0, 0.1) is 5.82 Å². The number of nitrogens with one attached hydrogen (secondary N) is 2. The number of carbonyl (C=O) groups excluding carboxylic acids is 1. The van der Waals surface area contributed by atoms with Crippen LogP contribution in [-0.4, -0.2) is 34.8 Å². The van der Waals surface area contributed by atoms with Crippen LogP contribution >= 0.6 is 15.9 Å². The minimum absolute atomic E-state index is 0.190. The smallest absolute Gasteiger partial charge is 0.407 e. The van der Waals surface area contributed by atoms with E-state index in [0.29, 0.717) is 32.6 Å². The van der Waals surface area contributed by atoms with E-state index in [1.807, 2.05) is 0 Å². The first kappa shape index (κ1) is 22.5. The molecule has 1 aromatic heterocycles. The molecule has 0 fully saturated rings. The summed E-state index contributed by atoms with van der Waals surface area (Å²) < 4.78 is 25.7. The van der Waals surface area contributed by atoms with Crippen LogP contribution in [0.25, 0.3) is 10.9 Å². The lowest BCUT2D eigenvalue weighted by atomic mass is 10.2. The summed E-state index contributed by atoms with van der Waals surface area (Å²) in [4.78, 5) is 20.1. The van der Waals surface area contributed by atoms with Crippen LogP contribution < -0.4 is 21.1 Å². The molecule has 3 aromatic rings. The summed E-state index contributed by atoms with van der Waals surface area (Å²) in [6.45, 7) is 5.79. The Morgan fingerprint density at radius 1 is 1.23 bits per heavy atom. The highest BCUT2D eigenvalue weighted by atomic mass is 79.9. The van der Waals surface area contributed by atoms with E-state index in [2.05, 4.69) is 36.5 Å². The number of hydrogen-bond donors (Lipinski definition) is 3. The van der Waals surface area contributed by atoms with E-state index >= 15 is 0 Å². The molecule has 0 saturated heterocycles. The first-order valence-electron chi connectivity index (χ1n) is 9.48. The van der Waals surface area contributed by atoms with Gasteiger partial charge in [-0.3, -0.25) is 0 Å². The quantitative estimate of drug-likeness (QED) is 0.336. The Morgan fingerprint density at radius 3 is 2.71 bits per heavy atom. The average Bonchev–Trinajstić information content (AvgIpc) is 2.66. The molecule has 1 heterocycles. The topological polar surface area (TPSA) is 111 Å². The average molecular weight is 492 g/mol. The molecular weight excluding hydrogens is 469 g/mol. The molecule has 0 radical (unpaired) electrons. The Hall–Kier alpha value is -3.14. The van der Waals surface area contributed by atoms with Crippen molar-refractivity contribution in [3.05, 3.63) is 46.9 Å². The predicted octanol–water partition coefficient (Wildman–Crippen LogP) is 4.76. The molecule has 3 rings (SSSR count). The molecule has 0 unspecified atom stereocenters. The molecule has 0 saturated carbocycles. The largest absolute Gasteiger partial charge is 0.490 e. The van der Waals surface area contributed by atoms with Crippen molar-refractivity contribution < 1.29 is 18.7 Å². The normalized spacial score (nSPS) is 11.3.